The summed E-state index contributed by atoms with van der Waals surface area (Å²) in [6.07, 6.45) is -1.81. The predicted molar refractivity (Wildman–Crippen MR) is 130 cm³/mol. The molecule has 1 aliphatic heterocycles. The molecular formula is C27H27N3O4. The van der Waals surface area contributed by atoms with Crippen molar-refractivity contribution in [1.82, 2.24) is 10.6 Å². The van der Waals surface area contributed by atoms with Crippen molar-refractivity contribution in [2.45, 2.75) is 32.0 Å². The average Bonchev–Trinajstić information content (AvgIpc) is 2.94. The summed E-state index contributed by atoms with van der Waals surface area (Å²) in [7, 11) is 1.69. The molecule has 3 amide bonds. The van der Waals surface area contributed by atoms with Gasteiger partial charge in [-0.25, -0.2) is 4.79 Å². The van der Waals surface area contributed by atoms with Crippen LogP contribution >= 0.6 is 0 Å². The summed E-state index contributed by atoms with van der Waals surface area (Å²) >= 11 is 0. The van der Waals surface area contributed by atoms with Crippen LogP contribution in [0.25, 0.3) is 11.1 Å². The maximum Gasteiger partial charge on any atom is 0.408 e. The molecule has 0 bridgehead atoms. The van der Waals surface area contributed by atoms with E-state index in [1.165, 1.54) is 6.92 Å². The third kappa shape index (κ3) is 4.64. The first kappa shape index (κ1) is 23.0. The molecule has 1 aliphatic rings. The molecule has 7 heteroatoms. The van der Waals surface area contributed by atoms with Crippen molar-refractivity contribution in [3.63, 3.8) is 0 Å². The third-order valence-corrected chi connectivity index (χ3v) is 5.98. The van der Waals surface area contributed by atoms with Gasteiger partial charge in [-0.15, -0.1) is 0 Å². The molecular weight excluding hydrogens is 430 g/mol. The largest absolute Gasteiger partial charge is 0.436 e. The number of rotatable bonds is 5. The molecule has 0 aromatic heterocycles. The average molecular weight is 458 g/mol. The minimum absolute atomic E-state index is 0.278. The van der Waals surface area contributed by atoms with Gasteiger partial charge in [-0.1, -0.05) is 72.8 Å². The normalized spacial score (nSPS) is 16.4. The van der Waals surface area contributed by atoms with Crippen LogP contribution in [0.4, 0.5) is 10.5 Å². The second-order valence-electron chi connectivity index (χ2n) is 8.27. The van der Waals surface area contributed by atoms with E-state index >= 15 is 0 Å². The van der Waals surface area contributed by atoms with E-state index in [-0.39, 0.29) is 11.9 Å². The fourth-order valence-corrected chi connectivity index (χ4v) is 4.08. The molecule has 0 saturated heterocycles. The number of benzene rings is 3. The second-order valence-corrected chi connectivity index (χ2v) is 8.27. The number of fused-ring (bicyclic) bond motifs is 3. The van der Waals surface area contributed by atoms with Gasteiger partial charge in [0.15, 0.2) is 6.10 Å². The summed E-state index contributed by atoms with van der Waals surface area (Å²) in [5, 5.41) is 5.51. The lowest BCUT2D eigenvalue weighted by Crippen LogP contribution is -2.45. The van der Waals surface area contributed by atoms with E-state index < -0.39 is 24.1 Å². The van der Waals surface area contributed by atoms with Gasteiger partial charge < -0.3 is 20.3 Å². The first-order valence-corrected chi connectivity index (χ1v) is 11.1. The molecule has 0 aliphatic carbocycles. The number of carbonyl (C=O) groups is 3. The molecule has 2 N–H and O–H groups in total. The van der Waals surface area contributed by atoms with E-state index in [2.05, 4.69) is 10.6 Å². The Bertz CT molecular complexity index is 1210. The van der Waals surface area contributed by atoms with Gasteiger partial charge in [0, 0.05) is 12.6 Å². The first-order valence-electron chi connectivity index (χ1n) is 11.1. The number of para-hydroxylation sites is 1. The molecule has 1 heterocycles. The predicted octanol–water partition coefficient (Wildman–Crippen LogP) is 4.36. The highest BCUT2D eigenvalue weighted by atomic mass is 16.6. The van der Waals surface area contributed by atoms with Gasteiger partial charge in [0.25, 0.3) is 11.8 Å². The van der Waals surface area contributed by atoms with Crippen LogP contribution in [0, 0.1) is 0 Å². The van der Waals surface area contributed by atoms with E-state index in [1.54, 1.807) is 11.9 Å². The minimum atomic E-state index is -1.10. The van der Waals surface area contributed by atoms with E-state index in [0.29, 0.717) is 5.56 Å². The number of anilines is 1. The van der Waals surface area contributed by atoms with Gasteiger partial charge >= 0.3 is 6.09 Å². The van der Waals surface area contributed by atoms with Crippen LogP contribution in [0.5, 0.6) is 0 Å². The van der Waals surface area contributed by atoms with E-state index in [0.717, 1.165) is 22.4 Å². The molecule has 3 atom stereocenters. The fourth-order valence-electron chi connectivity index (χ4n) is 4.08. The topological polar surface area (TPSA) is 87.7 Å². The fraction of sp³-hybridized carbons (Fsp3) is 0.222. The van der Waals surface area contributed by atoms with Gasteiger partial charge in [0.1, 0.15) is 6.04 Å². The van der Waals surface area contributed by atoms with Crippen molar-refractivity contribution in [2.24, 2.45) is 0 Å². The molecule has 0 saturated carbocycles. The molecule has 0 fully saturated rings. The molecule has 174 valence electrons. The van der Waals surface area contributed by atoms with E-state index in [4.69, 9.17) is 4.74 Å². The number of likely N-dealkylation sites (N-methyl/N-ethyl adjacent to an activating group) is 1. The van der Waals surface area contributed by atoms with Gasteiger partial charge in [0.2, 0.25) is 0 Å². The second kappa shape index (κ2) is 9.79. The van der Waals surface area contributed by atoms with Gasteiger partial charge in [0.05, 0.1) is 11.7 Å². The Morgan fingerprint density at radius 1 is 0.882 bits per heavy atom. The molecule has 3 aromatic carbocycles. The first-order chi connectivity index (χ1) is 16.4. The summed E-state index contributed by atoms with van der Waals surface area (Å²) < 4.78 is 5.30. The molecule has 4 rings (SSSR count). The standard InChI is InChI=1S/C27H27N3O4/c1-17(19-11-5-4-6-12-19)28-27(33)34-18(2)25(31)29-24-22-15-8-7-13-20(22)21-14-9-10-16-23(21)30(3)26(24)32/h4-18,24H,1-3H3,(H,28,33)(H,29,31)/t17-,18?,24+/m1/s1. The SMILES string of the molecule is CC(OC(=O)N[C@H](C)c1ccccc1)C(=O)N[C@@H]1C(=O)N(C)c2ccccc2-c2ccccc21. The number of ether oxygens (including phenoxy) is 1. The lowest BCUT2D eigenvalue weighted by molar-refractivity contribution is -0.132. The minimum Gasteiger partial charge on any atom is -0.436 e. The Morgan fingerprint density at radius 2 is 1.50 bits per heavy atom. The van der Waals surface area contributed by atoms with Crippen LogP contribution in [0.3, 0.4) is 0 Å². The van der Waals surface area contributed by atoms with Gasteiger partial charge in [-0.05, 0) is 36.6 Å². The quantitative estimate of drug-likeness (QED) is 0.596. The zero-order valence-electron chi connectivity index (χ0n) is 19.3. The summed E-state index contributed by atoms with van der Waals surface area (Å²) in [5.41, 5.74) is 4.13. The Morgan fingerprint density at radius 3 is 2.24 bits per heavy atom. The van der Waals surface area contributed by atoms with Crippen LogP contribution in [0.15, 0.2) is 78.9 Å². The molecule has 0 radical (unpaired) electrons. The van der Waals surface area contributed by atoms with Crippen LogP contribution < -0.4 is 15.5 Å². The summed E-state index contributed by atoms with van der Waals surface area (Å²) in [6, 6.07) is 23.3. The highest BCUT2D eigenvalue weighted by molar-refractivity contribution is 6.06. The molecule has 34 heavy (non-hydrogen) atoms. The van der Waals surface area contributed by atoms with Crippen molar-refractivity contribution in [1.29, 1.82) is 0 Å². The number of hydrogen-bond acceptors (Lipinski definition) is 4. The Kier molecular flexibility index (Phi) is 6.63. The number of nitrogens with zero attached hydrogens (tertiary/aromatic N) is 1. The van der Waals surface area contributed by atoms with Crippen molar-refractivity contribution < 1.29 is 19.1 Å². The molecule has 1 unspecified atom stereocenters. The van der Waals surface area contributed by atoms with Crippen molar-refractivity contribution in [3.05, 3.63) is 90.0 Å². The number of hydrogen-bond donors (Lipinski definition) is 2. The smallest absolute Gasteiger partial charge is 0.408 e. The van der Waals surface area contributed by atoms with E-state index in [9.17, 15) is 14.4 Å². The van der Waals surface area contributed by atoms with Gasteiger partial charge in [-0.2, -0.15) is 0 Å². The maximum absolute atomic E-state index is 13.3. The summed E-state index contributed by atoms with van der Waals surface area (Å²) in [5.74, 6) is -0.838. The Balaban J connectivity index is 1.49. The van der Waals surface area contributed by atoms with Crippen molar-refractivity contribution in [3.8, 4) is 11.1 Å². The number of amides is 3. The third-order valence-electron chi connectivity index (χ3n) is 5.98. The highest BCUT2D eigenvalue weighted by Gasteiger charge is 2.34. The van der Waals surface area contributed by atoms with Gasteiger partial charge in [-0.3, -0.25) is 9.59 Å². The van der Waals surface area contributed by atoms with Crippen LogP contribution in [-0.2, 0) is 14.3 Å². The highest BCUT2D eigenvalue weighted by Crippen LogP contribution is 2.39. The number of carbonyl (C=O) groups excluding carboxylic acids is 3. The lowest BCUT2D eigenvalue weighted by Gasteiger charge is -2.24. The zero-order valence-corrected chi connectivity index (χ0v) is 19.3. The Labute approximate surface area is 198 Å². The number of nitrogens with one attached hydrogen (secondary N) is 2. The van der Waals surface area contributed by atoms with Crippen molar-refractivity contribution in [2.75, 3.05) is 11.9 Å². The van der Waals surface area contributed by atoms with Crippen molar-refractivity contribution >= 4 is 23.6 Å². The summed E-state index contributed by atoms with van der Waals surface area (Å²) in [6.45, 7) is 3.31. The number of alkyl carbamates (subject to hydrolysis) is 1. The van der Waals surface area contributed by atoms with Crippen LogP contribution in [-0.4, -0.2) is 31.1 Å². The maximum atomic E-state index is 13.3. The van der Waals surface area contributed by atoms with Crippen LogP contribution in [0.1, 0.15) is 37.1 Å². The van der Waals surface area contributed by atoms with E-state index in [1.807, 2.05) is 85.8 Å². The monoisotopic (exact) mass is 457 g/mol. The zero-order chi connectivity index (χ0) is 24.2. The molecule has 7 nitrogen and oxygen atoms in total. The summed E-state index contributed by atoms with van der Waals surface area (Å²) in [4.78, 5) is 40.2. The molecule has 0 spiro atoms. The Hall–Kier alpha value is -4.13. The molecule has 3 aromatic rings. The van der Waals surface area contributed by atoms with Crippen LogP contribution in [0.2, 0.25) is 0 Å². The lowest BCUT2D eigenvalue weighted by atomic mass is 9.95.